The van der Waals surface area contributed by atoms with Gasteiger partial charge in [-0.1, -0.05) is 45.0 Å². The van der Waals surface area contributed by atoms with Crippen molar-refractivity contribution in [1.29, 1.82) is 0 Å². The fourth-order valence-electron chi connectivity index (χ4n) is 4.52. The number of methoxy groups -OCH3 is 1. The molecule has 1 amide bonds. The van der Waals surface area contributed by atoms with Crippen molar-refractivity contribution in [1.82, 2.24) is 0 Å². The monoisotopic (exact) mass is 527 g/mol. The summed E-state index contributed by atoms with van der Waals surface area (Å²) in [4.78, 5) is 27.3. The molecule has 38 heavy (non-hydrogen) atoms. The highest BCUT2D eigenvalue weighted by molar-refractivity contribution is 6.51. The molecular weight excluding hydrogens is 502 g/mol. The number of halogens is 4. The van der Waals surface area contributed by atoms with Crippen LogP contribution in [0.5, 0.6) is 5.75 Å². The zero-order chi connectivity index (χ0) is 28.0. The number of hydrogen-bond acceptors (Lipinski definition) is 4. The average molecular weight is 528 g/mol. The first-order valence-corrected chi connectivity index (χ1v) is 11.7. The first kappa shape index (κ1) is 26.9. The summed E-state index contributed by atoms with van der Waals surface area (Å²) in [6.45, 7) is 5.75. The molecule has 1 aliphatic rings. The minimum absolute atomic E-state index is 0.157. The maximum absolute atomic E-state index is 15.1. The van der Waals surface area contributed by atoms with E-state index in [9.17, 15) is 27.9 Å². The van der Waals surface area contributed by atoms with Gasteiger partial charge in [-0.15, -0.1) is 0 Å². The van der Waals surface area contributed by atoms with Crippen molar-refractivity contribution in [2.24, 2.45) is 0 Å². The van der Waals surface area contributed by atoms with E-state index in [1.807, 2.05) is 20.8 Å². The van der Waals surface area contributed by atoms with Crippen LogP contribution in [-0.4, -0.2) is 23.9 Å². The quantitative estimate of drug-likeness (QED) is 0.176. The van der Waals surface area contributed by atoms with Gasteiger partial charge in [0.05, 0.1) is 24.3 Å². The maximum atomic E-state index is 15.1. The molecule has 1 unspecified atom stereocenters. The third-order valence-corrected chi connectivity index (χ3v) is 6.38. The number of anilines is 1. The maximum Gasteiger partial charge on any atom is 0.416 e. The Hall–Kier alpha value is -4.14. The summed E-state index contributed by atoms with van der Waals surface area (Å²) in [5.41, 5.74) is -1.49. The number of benzene rings is 3. The lowest BCUT2D eigenvalue weighted by molar-refractivity contribution is -0.137. The number of ketones is 1. The fraction of sp³-hybridized carbons (Fsp3) is 0.241. The van der Waals surface area contributed by atoms with Crippen molar-refractivity contribution in [2.45, 2.75) is 38.4 Å². The lowest BCUT2D eigenvalue weighted by atomic mass is 9.84. The van der Waals surface area contributed by atoms with Crippen LogP contribution in [0, 0.1) is 5.82 Å². The van der Waals surface area contributed by atoms with E-state index in [0.29, 0.717) is 17.4 Å². The molecule has 0 radical (unpaired) electrons. The van der Waals surface area contributed by atoms with E-state index in [1.54, 1.807) is 12.1 Å². The van der Waals surface area contributed by atoms with Gasteiger partial charge >= 0.3 is 6.18 Å². The highest BCUT2D eigenvalue weighted by Crippen LogP contribution is 2.44. The second-order valence-corrected chi connectivity index (χ2v) is 9.90. The Morgan fingerprint density at radius 3 is 2.24 bits per heavy atom. The van der Waals surface area contributed by atoms with E-state index in [0.717, 1.165) is 23.1 Å². The Kier molecular flexibility index (Phi) is 6.82. The van der Waals surface area contributed by atoms with Crippen LogP contribution in [0.2, 0.25) is 0 Å². The van der Waals surface area contributed by atoms with E-state index in [2.05, 4.69) is 0 Å². The van der Waals surface area contributed by atoms with E-state index >= 15 is 4.39 Å². The molecule has 5 nitrogen and oxygen atoms in total. The predicted molar refractivity (Wildman–Crippen MR) is 134 cm³/mol. The third kappa shape index (κ3) is 4.76. The molecule has 1 saturated heterocycles. The van der Waals surface area contributed by atoms with Gasteiger partial charge < -0.3 is 9.84 Å². The molecule has 1 heterocycles. The summed E-state index contributed by atoms with van der Waals surface area (Å²) in [7, 11) is 1.49. The summed E-state index contributed by atoms with van der Waals surface area (Å²) < 4.78 is 60.8. The summed E-state index contributed by atoms with van der Waals surface area (Å²) in [6.07, 6.45) is -4.72. The number of aliphatic hydroxyl groups is 1. The van der Waals surface area contributed by atoms with Crippen LogP contribution in [0.3, 0.4) is 0 Å². The number of hydrogen-bond donors (Lipinski definition) is 1. The topological polar surface area (TPSA) is 66.8 Å². The molecule has 0 aliphatic carbocycles. The molecule has 198 valence electrons. The first-order valence-electron chi connectivity index (χ1n) is 11.7. The standard InChI is InChI=1S/C29H25F4NO4/c1-28(2,3)20-14-16(12-13-22(20)38-4)25(35)23-24(19-10-5-6-11-21(19)30)34(27(37)26(23)36)18-9-7-8-17(15-18)29(31,32)33/h5-15,24,35H,1-4H3/b25-23+. The number of ether oxygens (including phenoxy) is 1. The molecule has 0 aromatic heterocycles. The number of Topliss-reactive ketones (excluding diaryl/α,β-unsaturated/α-hetero) is 1. The van der Waals surface area contributed by atoms with Gasteiger partial charge in [0, 0.05) is 22.4 Å². The van der Waals surface area contributed by atoms with Crippen LogP contribution in [0.15, 0.2) is 72.3 Å². The number of rotatable bonds is 4. The molecule has 0 saturated carbocycles. The van der Waals surface area contributed by atoms with Gasteiger partial charge in [-0.2, -0.15) is 13.2 Å². The van der Waals surface area contributed by atoms with Gasteiger partial charge in [-0.3, -0.25) is 14.5 Å². The number of alkyl halides is 3. The van der Waals surface area contributed by atoms with Gasteiger partial charge in [0.15, 0.2) is 0 Å². The van der Waals surface area contributed by atoms with Crippen LogP contribution in [0.25, 0.3) is 5.76 Å². The van der Waals surface area contributed by atoms with Crippen molar-refractivity contribution in [2.75, 3.05) is 12.0 Å². The number of carbonyl (C=O) groups excluding carboxylic acids is 2. The van der Waals surface area contributed by atoms with Gasteiger partial charge in [-0.25, -0.2) is 4.39 Å². The van der Waals surface area contributed by atoms with E-state index < -0.39 is 52.0 Å². The SMILES string of the molecule is COc1ccc(/C(O)=C2\C(=O)C(=O)N(c3cccc(C(F)(F)F)c3)C2c2ccccc2F)cc1C(C)(C)C. The lowest BCUT2D eigenvalue weighted by Gasteiger charge is -2.26. The highest BCUT2D eigenvalue weighted by atomic mass is 19.4. The Labute approximate surface area is 217 Å². The average Bonchev–Trinajstić information content (AvgIpc) is 3.12. The predicted octanol–water partition coefficient (Wildman–Crippen LogP) is 6.78. The van der Waals surface area contributed by atoms with E-state index in [1.165, 1.54) is 37.4 Å². The summed E-state index contributed by atoms with van der Waals surface area (Å²) >= 11 is 0. The van der Waals surface area contributed by atoms with Gasteiger partial charge in [-0.05, 0) is 47.9 Å². The van der Waals surface area contributed by atoms with Gasteiger partial charge in [0.2, 0.25) is 0 Å². The molecular formula is C29H25F4NO4. The first-order chi connectivity index (χ1) is 17.8. The van der Waals surface area contributed by atoms with Crippen molar-refractivity contribution in [3.8, 4) is 5.75 Å². The van der Waals surface area contributed by atoms with Crippen molar-refractivity contribution >= 4 is 23.1 Å². The third-order valence-electron chi connectivity index (χ3n) is 6.38. The number of aliphatic hydroxyl groups excluding tert-OH is 1. The van der Waals surface area contributed by atoms with Gasteiger partial charge in [0.25, 0.3) is 11.7 Å². The minimum Gasteiger partial charge on any atom is -0.507 e. The molecule has 1 N–H and O–H groups in total. The second-order valence-electron chi connectivity index (χ2n) is 9.90. The van der Waals surface area contributed by atoms with Crippen molar-refractivity contribution < 1.29 is 37.0 Å². The fourth-order valence-corrected chi connectivity index (χ4v) is 4.52. The molecule has 3 aromatic carbocycles. The molecule has 1 atom stereocenters. The number of amides is 1. The van der Waals surface area contributed by atoms with Crippen molar-refractivity contribution in [3.05, 3.63) is 100 Å². The zero-order valence-electron chi connectivity index (χ0n) is 21.1. The Morgan fingerprint density at radius 2 is 1.63 bits per heavy atom. The summed E-state index contributed by atoms with van der Waals surface area (Å²) in [6, 6.07) is 12.3. The van der Waals surface area contributed by atoms with Crippen LogP contribution >= 0.6 is 0 Å². The minimum atomic E-state index is -4.72. The molecule has 0 spiro atoms. The van der Waals surface area contributed by atoms with E-state index in [4.69, 9.17) is 4.74 Å². The Morgan fingerprint density at radius 1 is 0.947 bits per heavy atom. The molecule has 4 rings (SSSR count). The number of nitrogens with zero attached hydrogens (tertiary/aromatic N) is 1. The van der Waals surface area contributed by atoms with Crippen LogP contribution in [0.1, 0.15) is 49.1 Å². The molecule has 3 aromatic rings. The highest BCUT2D eigenvalue weighted by Gasteiger charge is 2.48. The Balaban J connectivity index is 1.99. The normalized spacial score (nSPS) is 17.7. The zero-order valence-corrected chi connectivity index (χ0v) is 21.1. The Bertz CT molecular complexity index is 1450. The molecule has 9 heteroatoms. The van der Waals surface area contributed by atoms with Crippen LogP contribution < -0.4 is 9.64 Å². The lowest BCUT2D eigenvalue weighted by Crippen LogP contribution is -2.30. The van der Waals surface area contributed by atoms with Crippen molar-refractivity contribution in [3.63, 3.8) is 0 Å². The molecule has 1 fully saturated rings. The van der Waals surface area contributed by atoms with Crippen LogP contribution in [-0.2, 0) is 21.2 Å². The summed E-state index contributed by atoms with van der Waals surface area (Å²) in [5.74, 6) is -3.19. The number of carbonyl (C=O) groups is 2. The van der Waals surface area contributed by atoms with Gasteiger partial charge in [0.1, 0.15) is 17.3 Å². The molecule has 0 bridgehead atoms. The molecule has 1 aliphatic heterocycles. The summed E-state index contributed by atoms with van der Waals surface area (Å²) in [5, 5.41) is 11.4. The smallest absolute Gasteiger partial charge is 0.416 e. The largest absolute Gasteiger partial charge is 0.507 e. The second kappa shape index (κ2) is 9.63. The van der Waals surface area contributed by atoms with Crippen LogP contribution in [0.4, 0.5) is 23.2 Å². The van der Waals surface area contributed by atoms with E-state index in [-0.39, 0.29) is 16.8 Å².